The summed E-state index contributed by atoms with van der Waals surface area (Å²) in [6.45, 7) is 3.40. The summed E-state index contributed by atoms with van der Waals surface area (Å²) in [6.07, 6.45) is 2.96. The summed E-state index contributed by atoms with van der Waals surface area (Å²) >= 11 is 1.46. The van der Waals surface area contributed by atoms with E-state index in [2.05, 4.69) is 10.3 Å². The average Bonchev–Trinajstić information content (AvgIpc) is 3.18. The van der Waals surface area contributed by atoms with Crippen molar-refractivity contribution in [3.05, 3.63) is 35.5 Å². The lowest BCUT2D eigenvalue weighted by molar-refractivity contribution is -0.114. The van der Waals surface area contributed by atoms with Crippen LogP contribution in [-0.2, 0) is 15.0 Å². The summed E-state index contributed by atoms with van der Waals surface area (Å²) in [5, 5.41) is 3.33. The minimum atomic E-state index is -0.234. The minimum Gasteiger partial charge on any atom is -0.302 e. The molecule has 1 aromatic heterocycles. The van der Waals surface area contributed by atoms with Crippen LogP contribution in [0.25, 0.3) is 10.4 Å². The van der Waals surface area contributed by atoms with Gasteiger partial charge in [-0.1, -0.05) is 35.6 Å². The van der Waals surface area contributed by atoms with Crippen LogP contribution in [0.3, 0.4) is 0 Å². The fourth-order valence-corrected chi connectivity index (χ4v) is 3.45. The van der Waals surface area contributed by atoms with Gasteiger partial charge >= 0.3 is 0 Å². The molecule has 5 heteroatoms. The second kappa shape index (κ2) is 5.07. The van der Waals surface area contributed by atoms with Gasteiger partial charge in [0.2, 0.25) is 5.91 Å². The van der Waals surface area contributed by atoms with E-state index in [9.17, 15) is 9.59 Å². The number of aryl methyl sites for hydroxylation is 1. The SMILES string of the molecule is CC(=O)Nc1nc(C)c(-c2ccc(C3(C=O)CC3)cc2)s1. The molecule has 1 saturated carbocycles. The van der Waals surface area contributed by atoms with Gasteiger partial charge in [0, 0.05) is 6.92 Å². The lowest BCUT2D eigenvalue weighted by Crippen LogP contribution is -2.07. The van der Waals surface area contributed by atoms with Crippen LogP contribution in [0.4, 0.5) is 5.13 Å². The zero-order chi connectivity index (χ0) is 15.0. The maximum absolute atomic E-state index is 11.2. The first-order valence-corrected chi connectivity index (χ1v) is 7.68. The van der Waals surface area contributed by atoms with Gasteiger partial charge in [-0.3, -0.25) is 4.79 Å². The third-order valence-corrected chi connectivity index (χ3v) is 4.94. The van der Waals surface area contributed by atoms with Crippen molar-refractivity contribution in [2.45, 2.75) is 32.1 Å². The minimum absolute atomic E-state index is 0.118. The first-order chi connectivity index (χ1) is 10.0. The van der Waals surface area contributed by atoms with Crippen molar-refractivity contribution in [3.8, 4) is 10.4 Å². The molecule has 0 atom stereocenters. The predicted molar refractivity (Wildman–Crippen MR) is 83.6 cm³/mol. The molecule has 1 N–H and O–H groups in total. The van der Waals surface area contributed by atoms with Crippen molar-refractivity contribution < 1.29 is 9.59 Å². The molecule has 0 unspecified atom stereocenters. The monoisotopic (exact) mass is 300 g/mol. The number of hydrogen-bond acceptors (Lipinski definition) is 4. The van der Waals surface area contributed by atoms with E-state index in [0.717, 1.165) is 40.8 Å². The molecule has 1 heterocycles. The van der Waals surface area contributed by atoms with Crippen LogP contribution in [0.5, 0.6) is 0 Å². The molecule has 1 aromatic carbocycles. The van der Waals surface area contributed by atoms with Crippen molar-refractivity contribution in [1.82, 2.24) is 4.98 Å². The molecular formula is C16H16N2O2S. The van der Waals surface area contributed by atoms with E-state index in [0.29, 0.717) is 5.13 Å². The van der Waals surface area contributed by atoms with E-state index in [-0.39, 0.29) is 11.3 Å². The zero-order valence-corrected chi connectivity index (χ0v) is 12.8. The largest absolute Gasteiger partial charge is 0.302 e. The normalized spacial score (nSPS) is 15.5. The zero-order valence-electron chi connectivity index (χ0n) is 12.0. The topological polar surface area (TPSA) is 59.1 Å². The van der Waals surface area contributed by atoms with Crippen LogP contribution in [0.15, 0.2) is 24.3 Å². The molecule has 0 bridgehead atoms. The van der Waals surface area contributed by atoms with Gasteiger partial charge in [-0.15, -0.1) is 0 Å². The third-order valence-electron chi connectivity index (χ3n) is 3.82. The second-order valence-corrected chi connectivity index (χ2v) is 6.47. The smallest absolute Gasteiger partial charge is 0.223 e. The molecule has 0 spiro atoms. The quantitative estimate of drug-likeness (QED) is 0.881. The van der Waals surface area contributed by atoms with Crippen LogP contribution in [0.2, 0.25) is 0 Å². The number of hydrogen-bond donors (Lipinski definition) is 1. The Morgan fingerprint density at radius 3 is 2.52 bits per heavy atom. The van der Waals surface area contributed by atoms with E-state index in [4.69, 9.17) is 0 Å². The van der Waals surface area contributed by atoms with Crippen molar-refractivity contribution >= 4 is 28.7 Å². The van der Waals surface area contributed by atoms with Crippen molar-refractivity contribution in [3.63, 3.8) is 0 Å². The first kappa shape index (κ1) is 13.9. The number of benzene rings is 1. The number of aldehydes is 1. The molecule has 1 aliphatic rings. The molecule has 2 aromatic rings. The highest BCUT2D eigenvalue weighted by Gasteiger charge is 2.44. The number of aromatic nitrogens is 1. The van der Waals surface area contributed by atoms with Gasteiger partial charge in [0.15, 0.2) is 5.13 Å². The van der Waals surface area contributed by atoms with Gasteiger partial charge in [-0.05, 0) is 30.9 Å². The summed E-state index contributed by atoms with van der Waals surface area (Å²) in [5.74, 6) is -0.118. The molecule has 1 amide bonds. The number of nitrogens with zero attached hydrogens (tertiary/aromatic N) is 1. The molecule has 0 saturated heterocycles. The second-order valence-electron chi connectivity index (χ2n) is 5.47. The average molecular weight is 300 g/mol. The highest BCUT2D eigenvalue weighted by molar-refractivity contribution is 7.19. The Morgan fingerprint density at radius 1 is 1.33 bits per heavy atom. The molecule has 21 heavy (non-hydrogen) atoms. The number of nitrogens with one attached hydrogen (secondary N) is 1. The molecule has 1 fully saturated rings. The van der Waals surface area contributed by atoms with Gasteiger partial charge in [-0.2, -0.15) is 0 Å². The highest BCUT2D eigenvalue weighted by atomic mass is 32.1. The van der Waals surface area contributed by atoms with E-state index >= 15 is 0 Å². The van der Waals surface area contributed by atoms with Crippen LogP contribution >= 0.6 is 11.3 Å². The number of carbonyl (C=O) groups excluding carboxylic acids is 2. The fraction of sp³-hybridized carbons (Fsp3) is 0.312. The fourth-order valence-electron chi connectivity index (χ4n) is 2.43. The number of anilines is 1. The van der Waals surface area contributed by atoms with E-state index in [1.807, 2.05) is 31.2 Å². The van der Waals surface area contributed by atoms with Gasteiger partial charge in [0.25, 0.3) is 0 Å². The van der Waals surface area contributed by atoms with Crippen LogP contribution < -0.4 is 5.32 Å². The Hall–Kier alpha value is -2.01. The Labute approximate surface area is 127 Å². The number of thiazole rings is 1. The number of amides is 1. The maximum Gasteiger partial charge on any atom is 0.223 e. The molecule has 0 aliphatic heterocycles. The molecule has 4 nitrogen and oxygen atoms in total. The van der Waals surface area contributed by atoms with Crippen molar-refractivity contribution in [2.24, 2.45) is 0 Å². The van der Waals surface area contributed by atoms with Gasteiger partial charge in [0.1, 0.15) is 6.29 Å². The van der Waals surface area contributed by atoms with Crippen molar-refractivity contribution in [2.75, 3.05) is 5.32 Å². The summed E-state index contributed by atoms with van der Waals surface area (Å²) < 4.78 is 0. The Morgan fingerprint density at radius 2 is 2.00 bits per heavy atom. The summed E-state index contributed by atoms with van der Waals surface area (Å²) in [4.78, 5) is 27.6. The lowest BCUT2D eigenvalue weighted by atomic mass is 9.96. The van der Waals surface area contributed by atoms with Crippen LogP contribution in [-0.4, -0.2) is 17.2 Å². The highest BCUT2D eigenvalue weighted by Crippen LogP contribution is 2.46. The standard InChI is InChI=1S/C16H16N2O2S/c1-10-14(21-15(17-10)18-11(2)20)12-3-5-13(6-4-12)16(9-19)7-8-16/h3-6,9H,7-8H2,1-2H3,(H,17,18,20). The van der Waals surface area contributed by atoms with Crippen LogP contribution in [0, 0.1) is 6.92 Å². The number of carbonyl (C=O) groups is 2. The Bertz CT molecular complexity index is 700. The molecule has 1 aliphatic carbocycles. The summed E-state index contributed by atoms with van der Waals surface area (Å²) in [7, 11) is 0. The third kappa shape index (κ3) is 2.61. The number of rotatable bonds is 4. The first-order valence-electron chi connectivity index (χ1n) is 6.86. The molecule has 3 rings (SSSR count). The van der Waals surface area contributed by atoms with E-state index in [1.165, 1.54) is 18.3 Å². The van der Waals surface area contributed by atoms with E-state index < -0.39 is 0 Å². The molecular weight excluding hydrogens is 284 g/mol. The van der Waals surface area contributed by atoms with Crippen LogP contribution in [0.1, 0.15) is 31.0 Å². The maximum atomic E-state index is 11.2. The van der Waals surface area contributed by atoms with Crippen molar-refractivity contribution in [1.29, 1.82) is 0 Å². The molecule has 108 valence electrons. The van der Waals surface area contributed by atoms with Gasteiger partial charge < -0.3 is 10.1 Å². The Balaban J connectivity index is 1.89. The predicted octanol–water partition coefficient (Wildman–Crippen LogP) is 3.31. The summed E-state index contributed by atoms with van der Waals surface area (Å²) in [6, 6.07) is 8.09. The Kier molecular flexibility index (Phi) is 3.37. The van der Waals surface area contributed by atoms with Gasteiger partial charge in [0.05, 0.1) is 16.0 Å². The molecule has 0 radical (unpaired) electrons. The summed E-state index contributed by atoms with van der Waals surface area (Å²) in [5.41, 5.74) is 2.81. The lowest BCUT2D eigenvalue weighted by Gasteiger charge is -2.08. The van der Waals surface area contributed by atoms with Gasteiger partial charge in [-0.25, -0.2) is 4.98 Å². The van der Waals surface area contributed by atoms with E-state index in [1.54, 1.807) is 0 Å².